The van der Waals surface area contributed by atoms with Crippen LogP contribution in [-0.4, -0.2) is 0 Å². The zero-order valence-corrected chi connectivity index (χ0v) is 26.0. The summed E-state index contributed by atoms with van der Waals surface area (Å²) in [6.45, 7) is 4.65. The van der Waals surface area contributed by atoms with Crippen molar-refractivity contribution < 1.29 is 0 Å². The monoisotopic (exact) mass is 515 g/mol. The molecule has 0 aromatic heterocycles. The topological polar surface area (TPSA) is 0 Å². The predicted octanol–water partition coefficient (Wildman–Crippen LogP) is 13.1. The third kappa shape index (κ3) is 12.8. The standard InChI is InChI=1S/C37H70/c1-3-5-7-9-11-13-15-17-19-33-22-26-35(27-23-33)37-30-28-36(29-31-37)34-24-20-32(21-25-34)18-16-14-12-10-8-6-4-2/h32-37H,3-31H2,1-2H3. The van der Waals surface area contributed by atoms with E-state index in [9.17, 15) is 0 Å². The molecule has 3 fully saturated rings. The summed E-state index contributed by atoms with van der Waals surface area (Å²) in [5, 5.41) is 0. The first-order valence-corrected chi connectivity index (χ1v) is 18.3. The van der Waals surface area contributed by atoms with E-state index >= 15 is 0 Å². The first-order valence-electron chi connectivity index (χ1n) is 18.3. The molecule has 0 spiro atoms. The second kappa shape index (κ2) is 20.0. The average molecular weight is 515 g/mol. The fourth-order valence-electron chi connectivity index (χ4n) is 8.94. The molecular weight excluding hydrogens is 444 g/mol. The maximum atomic E-state index is 2.33. The Morgan fingerprint density at radius 1 is 0.297 bits per heavy atom. The first-order chi connectivity index (χ1) is 18.3. The zero-order chi connectivity index (χ0) is 26.0. The van der Waals surface area contributed by atoms with Gasteiger partial charge in [-0.25, -0.2) is 0 Å². The van der Waals surface area contributed by atoms with Gasteiger partial charge in [0.1, 0.15) is 0 Å². The summed E-state index contributed by atoms with van der Waals surface area (Å²) in [4.78, 5) is 0. The van der Waals surface area contributed by atoms with Gasteiger partial charge in [0, 0.05) is 0 Å². The molecule has 0 radical (unpaired) electrons. The lowest BCUT2D eigenvalue weighted by Crippen LogP contribution is -2.29. The fourth-order valence-corrected chi connectivity index (χ4v) is 8.94. The molecule has 0 nitrogen and oxygen atoms in total. The summed E-state index contributed by atoms with van der Waals surface area (Å²) in [6.07, 6.45) is 44.3. The third-order valence-corrected chi connectivity index (χ3v) is 11.6. The van der Waals surface area contributed by atoms with Gasteiger partial charge in [0.25, 0.3) is 0 Å². The molecule has 218 valence electrons. The molecule has 0 atom stereocenters. The van der Waals surface area contributed by atoms with E-state index in [2.05, 4.69) is 13.8 Å². The lowest BCUT2D eigenvalue weighted by atomic mass is 9.64. The Labute approximate surface area is 235 Å². The number of hydrogen-bond donors (Lipinski definition) is 0. The van der Waals surface area contributed by atoms with Crippen LogP contribution in [-0.2, 0) is 0 Å². The highest BCUT2D eigenvalue weighted by molar-refractivity contribution is 4.86. The SMILES string of the molecule is CCCCCCCCCCC1CCC(C2CCC(C3CCC(CCCCCCCCC)CC3)CC2)CC1. The Morgan fingerprint density at radius 3 is 0.838 bits per heavy atom. The molecule has 3 saturated carbocycles. The third-order valence-electron chi connectivity index (χ3n) is 11.6. The second-order valence-electron chi connectivity index (χ2n) is 14.4. The molecule has 0 heteroatoms. The van der Waals surface area contributed by atoms with E-state index in [0.29, 0.717) is 0 Å². The van der Waals surface area contributed by atoms with E-state index in [4.69, 9.17) is 0 Å². The molecule has 0 bridgehead atoms. The number of unbranched alkanes of at least 4 members (excludes halogenated alkanes) is 13. The molecule has 3 aliphatic carbocycles. The maximum absolute atomic E-state index is 2.33. The molecule has 0 N–H and O–H groups in total. The van der Waals surface area contributed by atoms with Gasteiger partial charge in [-0.05, 0) is 86.9 Å². The van der Waals surface area contributed by atoms with E-state index in [1.54, 1.807) is 89.9 Å². The largest absolute Gasteiger partial charge is 0.0654 e. The highest BCUT2D eigenvalue weighted by atomic mass is 14.4. The van der Waals surface area contributed by atoms with Crippen molar-refractivity contribution in [3.05, 3.63) is 0 Å². The predicted molar refractivity (Wildman–Crippen MR) is 166 cm³/mol. The highest BCUT2D eigenvalue weighted by Gasteiger charge is 2.34. The first kappa shape index (κ1) is 31.5. The molecule has 0 amide bonds. The fraction of sp³-hybridized carbons (Fsp3) is 1.00. The van der Waals surface area contributed by atoms with Gasteiger partial charge in [-0.3, -0.25) is 0 Å². The van der Waals surface area contributed by atoms with Crippen molar-refractivity contribution in [2.24, 2.45) is 35.5 Å². The van der Waals surface area contributed by atoms with Crippen molar-refractivity contribution in [3.63, 3.8) is 0 Å². The van der Waals surface area contributed by atoms with E-state index < -0.39 is 0 Å². The molecular formula is C37H70. The normalized spacial score (nSPS) is 31.0. The van der Waals surface area contributed by atoms with Crippen molar-refractivity contribution in [3.8, 4) is 0 Å². The molecule has 0 saturated heterocycles. The average Bonchev–Trinajstić information content (AvgIpc) is 2.95. The maximum Gasteiger partial charge on any atom is -0.0386 e. The van der Waals surface area contributed by atoms with E-state index in [1.165, 1.54) is 96.3 Å². The van der Waals surface area contributed by atoms with E-state index in [1.807, 2.05) is 0 Å². The quantitative estimate of drug-likeness (QED) is 0.150. The molecule has 0 unspecified atom stereocenters. The molecule has 0 heterocycles. The molecule has 3 rings (SSSR count). The van der Waals surface area contributed by atoms with Gasteiger partial charge in [-0.1, -0.05) is 149 Å². The molecule has 0 aromatic carbocycles. The Bertz CT molecular complexity index is 498. The van der Waals surface area contributed by atoms with Gasteiger partial charge >= 0.3 is 0 Å². The van der Waals surface area contributed by atoms with E-state index in [-0.39, 0.29) is 0 Å². The van der Waals surface area contributed by atoms with Gasteiger partial charge in [-0.2, -0.15) is 0 Å². The lowest BCUT2D eigenvalue weighted by Gasteiger charge is -2.41. The molecule has 0 aromatic rings. The Kier molecular flexibility index (Phi) is 17.0. The van der Waals surface area contributed by atoms with Crippen molar-refractivity contribution >= 4 is 0 Å². The summed E-state index contributed by atoms with van der Waals surface area (Å²) < 4.78 is 0. The van der Waals surface area contributed by atoms with Crippen LogP contribution < -0.4 is 0 Å². The summed E-state index contributed by atoms with van der Waals surface area (Å²) in [7, 11) is 0. The van der Waals surface area contributed by atoms with Gasteiger partial charge in [0.05, 0.1) is 0 Å². The Morgan fingerprint density at radius 2 is 0.541 bits per heavy atom. The van der Waals surface area contributed by atoms with Crippen molar-refractivity contribution in [2.45, 2.75) is 200 Å². The van der Waals surface area contributed by atoms with Crippen LogP contribution in [0.3, 0.4) is 0 Å². The van der Waals surface area contributed by atoms with Gasteiger partial charge in [0.15, 0.2) is 0 Å². The van der Waals surface area contributed by atoms with Crippen LogP contribution in [0.5, 0.6) is 0 Å². The highest BCUT2D eigenvalue weighted by Crippen LogP contribution is 2.46. The minimum Gasteiger partial charge on any atom is -0.0654 e. The van der Waals surface area contributed by atoms with Crippen molar-refractivity contribution in [1.82, 2.24) is 0 Å². The van der Waals surface area contributed by atoms with Crippen molar-refractivity contribution in [2.75, 3.05) is 0 Å². The van der Waals surface area contributed by atoms with Crippen LogP contribution in [0.4, 0.5) is 0 Å². The van der Waals surface area contributed by atoms with Crippen LogP contribution in [0.2, 0.25) is 0 Å². The van der Waals surface area contributed by atoms with Crippen LogP contribution in [0.1, 0.15) is 200 Å². The van der Waals surface area contributed by atoms with Crippen LogP contribution in [0.15, 0.2) is 0 Å². The lowest BCUT2D eigenvalue weighted by molar-refractivity contribution is 0.102. The van der Waals surface area contributed by atoms with Crippen LogP contribution in [0.25, 0.3) is 0 Å². The summed E-state index contributed by atoms with van der Waals surface area (Å²) in [6, 6.07) is 0. The molecule has 37 heavy (non-hydrogen) atoms. The van der Waals surface area contributed by atoms with Gasteiger partial charge < -0.3 is 0 Å². The minimum absolute atomic E-state index is 1.09. The van der Waals surface area contributed by atoms with Crippen molar-refractivity contribution in [1.29, 1.82) is 0 Å². The summed E-state index contributed by atoms with van der Waals surface area (Å²) >= 11 is 0. The Hall–Kier alpha value is 0. The van der Waals surface area contributed by atoms with Gasteiger partial charge in [0.2, 0.25) is 0 Å². The second-order valence-corrected chi connectivity index (χ2v) is 14.4. The Balaban J connectivity index is 1.17. The summed E-state index contributed by atoms with van der Waals surface area (Å²) in [5.74, 6) is 6.60. The number of rotatable bonds is 19. The molecule has 0 aliphatic heterocycles. The summed E-state index contributed by atoms with van der Waals surface area (Å²) in [5.41, 5.74) is 0. The molecule has 3 aliphatic rings. The van der Waals surface area contributed by atoms with Crippen LogP contribution >= 0.6 is 0 Å². The van der Waals surface area contributed by atoms with Gasteiger partial charge in [-0.15, -0.1) is 0 Å². The zero-order valence-electron chi connectivity index (χ0n) is 26.0. The van der Waals surface area contributed by atoms with Crippen LogP contribution in [0, 0.1) is 35.5 Å². The number of hydrogen-bond acceptors (Lipinski definition) is 0. The smallest absolute Gasteiger partial charge is 0.0386 e. The minimum atomic E-state index is 1.09. The van der Waals surface area contributed by atoms with E-state index in [0.717, 1.165) is 35.5 Å².